The van der Waals surface area contributed by atoms with Crippen LogP contribution in [0.3, 0.4) is 0 Å². The maximum Gasteiger partial charge on any atom is 0.0416 e. The van der Waals surface area contributed by atoms with E-state index in [-0.39, 0.29) is 0 Å². The number of hydrogen-bond acceptors (Lipinski definition) is 3. The van der Waals surface area contributed by atoms with Crippen molar-refractivity contribution in [1.82, 2.24) is 15.2 Å². The molecule has 0 aromatic carbocycles. The van der Waals surface area contributed by atoms with Crippen LogP contribution in [0.1, 0.15) is 31.9 Å². The molecule has 3 heteroatoms. The molecule has 0 radical (unpaired) electrons. The van der Waals surface area contributed by atoms with E-state index in [0.717, 1.165) is 18.9 Å². The molecule has 1 aromatic rings. The van der Waals surface area contributed by atoms with Crippen molar-refractivity contribution in [2.24, 2.45) is 5.92 Å². The van der Waals surface area contributed by atoms with Crippen molar-refractivity contribution >= 4 is 0 Å². The van der Waals surface area contributed by atoms with Crippen LogP contribution in [0.2, 0.25) is 0 Å². The fourth-order valence-electron chi connectivity index (χ4n) is 3.18. The lowest BCUT2D eigenvalue weighted by atomic mass is 9.82. The normalized spacial score (nSPS) is 27.7. The topological polar surface area (TPSA) is 28.2 Å². The Morgan fingerprint density at radius 3 is 2.89 bits per heavy atom. The highest BCUT2D eigenvalue weighted by atomic mass is 15.2. The maximum absolute atomic E-state index is 4.41. The van der Waals surface area contributed by atoms with Crippen molar-refractivity contribution < 1.29 is 0 Å². The van der Waals surface area contributed by atoms with Gasteiger partial charge in [0.2, 0.25) is 0 Å². The first-order chi connectivity index (χ1) is 9.20. The first kappa shape index (κ1) is 14.5. The molecule has 1 saturated carbocycles. The lowest BCUT2D eigenvalue weighted by molar-refractivity contribution is 0.129. The summed E-state index contributed by atoms with van der Waals surface area (Å²) in [6.45, 7) is 3.47. The zero-order valence-electron chi connectivity index (χ0n) is 12.5. The van der Waals surface area contributed by atoms with E-state index in [9.17, 15) is 0 Å². The minimum Gasteiger partial charge on any atom is -0.315 e. The summed E-state index contributed by atoms with van der Waals surface area (Å²) >= 11 is 0. The number of rotatable bonds is 5. The van der Waals surface area contributed by atoms with E-state index in [2.05, 4.69) is 48.4 Å². The van der Waals surface area contributed by atoms with E-state index in [1.165, 1.54) is 25.0 Å². The third-order valence-electron chi connectivity index (χ3n) is 4.46. The summed E-state index contributed by atoms with van der Waals surface area (Å²) < 4.78 is 0. The Balaban J connectivity index is 1.88. The van der Waals surface area contributed by atoms with Crippen molar-refractivity contribution in [2.75, 3.05) is 20.6 Å². The summed E-state index contributed by atoms with van der Waals surface area (Å²) in [6.07, 6.45) is 6.89. The smallest absolute Gasteiger partial charge is 0.0416 e. The van der Waals surface area contributed by atoms with Crippen LogP contribution in [0, 0.1) is 5.92 Å². The van der Waals surface area contributed by atoms with Crippen LogP contribution in [-0.4, -0.2) is 42.6 Å². The highest BCUT2D eigenvalue weighted by Gasteiger charge is 2.30. The molecule has 0 aliphatic heterocycles. The van der Waals surface area contributed by atoms with E-state index in [1.807, 2.05) is 12.3 Å². The Morgan fingerprint density at radius 2 is 2.21 bits per heavy atom. The highest BCUT2D eigenvalue weighted by Crippen LogP contribution is 2.27. The van der Waals surface area contributed by atoms with Crippen molar-refractivity contribution in [3.63, 3.8) is 0 Å². The summed E-state index contributed by atoms with van der Waals surface area (Å²) in [7, 11) is 4.36. The van der Waals surface area contributed by atoms with Gasteiger partial charge in [-0.2, -0.15) is 0 Å². The number of aromatic nitrogens is 1. The van der Waals surface area contributed by atoms with Crippen LogP contribution >= 0.6 is 0 Å². The van der Waals surface area contributed by atoms with Crippen molar-refractivity contribution in [2.45, 2.75) is 44.7 Å². The van der Waals surface area contributed by atoms with Crippen LogP contribution in [0.25, 0.3) is 0 Å². The number of nitrogens with one attached hydrogen (secondary N) is 1. The Bertz CT molecular complexity index is 366. The molecule has 3 unspecified atom stereocenters. The van der Waals surface area contributed by atoms with Gasteiger partial charge in [0, 0.05) is 36.9 Å². The van der Waals surface area contributed by atoms with Crippen LogP contribution in [0.15, 0.2) is 24.4 Å². The van der Waals surface area contributed by atoms with E-state index in [0.29, 0.717) is 12.1 Å². The van der Waals surface area contributed by atoms with Gasteiger partial charge in [-0.05, 0) is 51.4 Å². The summed E-state index contributed by atoms with van der Waals surface area (Å²) in [5, 5.41) is 3.50. The minimum absolute atomic E-state index is 0.643. The molecule has 1 N–H and O–H groups in total. The van der Waals surface area contributed by atoms with Gasteiger partial charge in [0.25, 0.3) is 0 Å². The van der Waals surface area contributed by atoms with Gasteiger partial charge < -0.3 is 10.2 Å². The van der Waals surface area contributed by atoms with Crippen LogP contribution in [0.5, 0.6) is 0 Å². The standard InChI is InChI=1S/C16H27N3/c1-13-7-8-15(17-2)16(12-13)19(3)11-9-14-6-4-5-10-18-14/h4-6,10,13,15-17H,7-9,11-12H2,1-3H3. The highest BCUT2D eigenvalue weighted by molar-refractivity contribution is 5.04. The predicted molar refractivity (Wildman–Crippen MR) is 80.2 cm³/mol. The summed E-state index contributed by atoms with van der Waals surface area (Å²) in [5.41, 5.74) is 1.19. The van der Waals surface area contributed by atoms with E-state index in [4.69, 9.17) is 0 Å². The van der Waals surface area contributed by atoms with Crippen LogP contribution in [0.4, 0.5) is 0 Å². The molecule has 3 atom stereocenters. The molecule has 106 valence electrons. The van der Waals surface area contributed by atoms with Gasteiger partial charge in [-0.15, -0.1) is 0 Å². The second-order valence-corrected chi connectivity index (χ2v) is 5.93. The molecule has 1 aromatic heterocycles. The SMILES string of the molecule is CNC1CCC(C)CC1N(C)CCc1ccccn1. The zero-order chi connectivity index (χ0) is 13.7. The largest absolute Gasteiger partial charge is 0.315 e. The number of hydrogen-bond donors (Lipinski definition) is 1. The van der Waals surface area contributed by atoms with Gasteiger partial charge in [0.15, 0.2) is 0 Å². The van der Waals surface area contributed by atoms with Gasteiger partial charge in [-0.3, -0.25) is 4.98 Å². The molecule has 1 fully saturated rings. The minimum atomic E-state index is 0.643. The third-order valence-corrected chi connectivity index (χ3v) is 4.46. The molecule has 0 bridgehead atoms. The Kier molecular flexibility index (Phi) is 5.34. The Hall–Kier alpha value is -0.930. The molecule has 1 aliphatic rings. The quantitative estimate of drug-likeness (QED) is 0.882. The molecule has 2 rings (SSSR count). The second-order valence-electron chi connectivity index (χ2n) is 5.93. The average Bonchev–Trinajstić information content (AvgIpc) is 2.46. The first-order valence-corrected chi connectivity index (χ1v) is 7.48. The van der Waals surface area contributed by atoms with Crippen molar-refractivity contribution in [3.8, 4) is 0 Å². The van der Waals surface area contributed by atoms with Crippen LogP contribution in [-0.2, 0) is 6.42 Å². The number of nitrogens with zero attached hydrogens (tertiary/aromatic N) is 2. The summed E-state index contributed by atoms with van der Waals surface area (Å²) in [6, 6.07) is 7.48. The first-order valence-electron chi connectivity index (χ1n) is 7.48. The van der Waals surface area contributed by atoms with Gasteiger partial charge >= 0.3 is 0 Å². The number of likely N-dealkylation sites (N-methyl/N-ethyl adjacent to an activating group) is 2. The van der Waals surface area contributed by atoms with E-state index >= 15 is 0 Å². The van der Waals surface area contributed by atoms with Gasteiger partial charge in [0.1, 0.15) is 0 Å². The Morgan fingerprint density at radius 1 is 1.37 bits per heavy atom. The molecule has 0 amide bonds. The fourth-order valence-corrected chi connectivity index (χ4v) is 3.18. The molecule has 3 nitrogen and oxygen atoms in total. The van der Waals surface area contributed by atoms with E-state index in [1.54, 1.807) is 0 Å². The summed E-state index contributed by atoms with van der Waals surface area (Å²) in [4.78, 5) is 6.93. The molecule has 0 saturated heterocycles. The van der Waals surface area contributed by atoms with Gasteiger partial charge in [-0.25, -0.2) is 0 Å². The van der Waals surface area contributed by atoms with Gasteiger partial charge in [0.05, 0.1) is 0 Å². The van der Waals surface area contributed by atoms with E-state index < -0.39 is 0 Å². The fraction of sp³-hybridized carbons (Fsp3) is 0.688. The molecule has 19 heavy (non-hydrogen) atoms. The molecular weight excluding hydrogens is 234 g/mol. The number of pyridine rings is 1. The zero-order valence-corrected chi connectivity index (χ0v) is 12.5. The lowest BCUT2D eigenvalue weighted by Crippen LogP contribution is -2.51. The third kappa shape index (κ3) is 4.02. The van der Waals surface area contributed by atoms with Crippen LogP contribution < -0.4 is 5.32 Å². The molecule has 0 spiro atoms. The predicted octanol–water partition coefficient (Wildman–Crippen LogP) is 2.33. The summed E-state index contributed by atoms with van der Waals surface area (Å²) in [5.74, 6) is 0.854. The average molecular weight is 261 g/mol. The molecular formula is C16H27N3. The van der Waals surface area contributed by atoms with Crippen molar-refractivity contribution in [3.05, 3.63) is 30.1 Å². The van der Waals surface area contributed by atoms with Gasteiger partial charge in [-0.1, -0.05) is 13.0 Å². The maximum atomic E-state index is 4.41. The second kappa shape index (κ2) is 7.01. The Labute approximate surface area is 117 Å². The molecule has 1 aliphatic carbocycles. The lowest BCUT2D eigenvalue weighted by Gasteiger charge is -2.40. The monoisotopic (exact) mass is 261 g/mol. The van der Waals surface area contributed by atoms with Crippen molar-refractivity contribution in [1.29, 1.82) is 0 Å². The molecule has 1 heterocycles.